The molecule has 0 aromatic heterocycles. The van der Waals surface area contributed by atoms with Gasteiger partial charge >= 0.3 is 0 Å². The second-order valence-corrected chi connectivity index (χ2v) is 6.37. The zero-order valence-corrected chi connectivity index (χ0v) is 14.9. The summed E-state index contributed by atoms with van der Waals surface area (Å²) in [5.74, 6) is 0.667. The van der Waals surface area contributed by atoms with Gasteiger partial charge in [0.1, 0.15) is 5.75 Å². The molecule has 0 aliphatic rings. The molecular weight excluding hydrogens is 398 g/mol. The van der Waals surface area contributed by atoms with Crippen LogP contribution in [-0.2, 0) is 0 Å². The van der Waals surface area contributed by atoms with Crippen molar-refractivity contribution in [2.45, 2.75) is 13.0 Å². The maximum absolute atomic E-state index is 12.2. The Morgan fingerprint density at radius 3 is 2.57 bits per heavy atom. The molecule has 0 heterocycles. The molecule has 0 aliphatic heterocycles. The SMILES string of the molecule is COc1ccc([C@H](C)NC(=O)c2cccc(Br)c2)cc1Br. The van der Waals surface area contributed by atoms with Crippen molar-refractivity contribution >= 4 is 37.8 Å². The topological polar surface area (TPSA) is 38.3 Å². The van der Waals surface area contributed by atoms with Gasteiger partial charge < -0.3 is 10.1 Å². The Kier molecular flexibility index (Phi) is 5.42. The summed E-state index contributed by atoms with van der Waals surface area (Å²) in [5, 5.41) is 2.98. The predicted molar refractivity (Wildman–Crippen MR) is 90.7 cm³/mol. The molecular formula is C16H15Br2NO2. The van der Waals surface area contributed by atoms with Gasteiger partial charge in [-0.1, -0.05) is 28.1 Å². The molecule has 0 fully saturated rings. The van der Waals surface area contributed by atoms with Crippen molar-refractivity contribution in [3.63, 3.8) is 0 Å². The third-order valence-corrected chi connectivity index (χ3v) is 4.22. The van der Waals surface area contributed by atoms with E-state index in [-0.39, 0.29) is 11.9 Å². The zero-order valence-electron chi connectivity index (χ0n) is 11.7. The lowest BCUT2D eigenvalue weighted by Gasteiger charge is -2.16. The standard InChI is InChI=1S/C16H15Br2NO2/c1-10(11-6-7-15(21-2)14(18)9-11)19-16(20)12-4-3-5-13(17)8-12/h3-10H,1-2H3,(H,19,20)/t10-/m0/s1. The molecule has 5 heteroatoms. The van der Waals surface area contributed by atoms with Crippen molar-refractivity contribution in [1.82, 2.24) is 5.32 Å². The van der Waals surface area contributed by atoms with E-state index in [2.05, 4.69) is 37.2 Å². The second-order valence-electron chi connectivity index (χ2n) is 4.60. The predicted octanol–water partition coefficient (Wildman–Crippen LogP) is 4.71. The van der Waals surface area contributed by atoms with Crippen LogP contribution >= 0.6 is 31.9 Å². The van der Waals surface area contributed by atoms with E-state index in [1.807, 2.05) is 37.3 Å². The zero-order chi connectivity index (χ0) is 15.4. The molecule has 0 aliphatic carbocycles. The van der Waals surface area contributed by atoms with Crippen molar-refractivity contribution in [2.24, 2.45) is 0 Å². The number of nitrogens with one attached hydrogen (secondary N) is 1. The third kappa shape index (κ3) is 4.08. The lowest BCUT2D eigenvalue weighted by Crippen LogP contribution is -2.26. The molecule has 0 bridgehead atoms. The Bertz CT molecular complexity index is 658. The lowest BCUT2D eigenvalue weighted by molar-refractivity contribution is 0.0940. The van der Waals surface area contributed by atoms with Gasteiger partial charge in [0.05, 0.1) is 17.6 Å². The number of carbonyl (C=O) groups is 1. The molecule has 21 heavy (non-hydrogen) atoms. The van der Waals surface area contributed by atoms with Gasteiger partial charge in [0.2, 0.25) is 0 Å². The number of rotatable bonds is 4. The number of halogens is 2. The monoisotopic (exact) mass is 411 g/mol. The van der Waals surface area contributed by atoms with Crippen LogP contribution in [0.25, 0.3) is 0 Å². The number of hydrogen-bond donors (Lipinski definition) is 1. The number of carbonyl (C=O) groups excluding carboxylic acids is 1. The molecule has 0 saturated carbocycles. The van der Waals surface area contributed by atoms with E-state index in [1.54, 1.807) is 19.2 Å². The molecule has 2 rings (SSSR count). The summed E-state index contributed by atoms with van der Waals surface area (Å²) in [4.78, 5) is 12.2. The van der Waals surface area contributed by atoms with E-state index in [9.17, 15) is 4.79 Å². The Balaban J connectivity index is 2.12. The van der Waals surface area contributed by atoms with E-state index in [4.69, 9.17) is 4.74 Å². The van der Waals surface area contributed by atoms with Gasteiger partial charge in [-0.2, -0.15) is 0 Å². The van der Waals surface area contributed by atoms with E-state index in [0.29, 0.717) is 5.56 Å². The van der Waals surface area contributed by atoms with Crippen LogP contribution in [0.2, 0.25) is 0 Å². The minimum atomic E-state index is -0.101. The van der Waals surface area contributed by atoms with E-state index < -0.39 is 0 Å². The van der Waals surface area contributed by atoms with E-state index >= 15 is 0 Å². The van der Waals surface area contributed by atoms with Gasteiger partial charge in [-0.25, -0.2) is 0 Å². The van der Waals surface area contributed by atoms with Crippen LogP contribution in [-0.4, -0.2) is 13.0 Å². The Morgan fingerprint density at radius 1 is 1.19 bits per heavy atom. The lowest BCUT2D eigenvalue weighted by atomic mass is 10.1. The molecule has 2 aromatic carbocycles. The fourth-order valence-electron chi connectivity index (χ4n) is 1.94. The van der Waals surface area contributed by atoms with Crippen LogP contribution in [0.15, 0.2) is 51.4 Å². The van der Waals surface area contributed by atoms with Crippen LogP contribution in [0, 0.1) is 0 Å². The average Bonchev–Trinajstić information content (AvgIpc) is 2.47. The van der Waals surface area contributed by atoms with Gasteiger partial charge in [-0.05, 0) is 58.7 Å². The highest BCUT2D eigenvalue weighted by Gasteiger charge is 2.13. The van der Waals surface area contributed by atoms with Crippen molar-refractivity contribution in [1.29, 1.82) is 0 Å². The summed E-state index contributed by atoms with van der Waals surface area (Å²) in [5.41, 5.74) is 1.63. The summed E-state index contributed by atoms with van der Waals surface area (Å²) < 4.78 is 6.95. The summed E-state index contributed by atoms with van der Waals surface area (Å²) >= 11 is 6.82. The molecule has 0 radical (unpaired) electrons. The average molecular weight is 413 g/mol. The highest BCUT2D eigenvalue weighted by atomic mass is 79.9. The summed E-state index contributed by atoms with van der Waals surface area (Å²) in [7, 11) is 1.62. The molecule has 0 spiro atoms. The van der Waals surface area contributed by atoms with Gasteiger partial charge in [-0.3, -0.25) is 4.79 Å². The van der Waals surface area contributed by atoms with Crippen molar-refractivity contribution < 1.29 is 9.53 Å². The smallest absolute Gasteiger partial charge is 0.251 e. The number of hydrogen-bond acceptors (Lipinski definition) is 2. The van der Waals surface area contributed by atoms with Gasteiger partial charge in [0, 0.05) is 10.0 Å². The number of benzene rings is 2. The fourth-order valence-corrected chi connectivity index (χ4v) is 2.90. The number of amides is 1. The van der Waals surface area contributed by atoms with Crippen LogP contribution < -0.4 is 10.1 Å². The first kappa shape index (κ1) is 16.0. The summed E-state index contributed by atoms with van der Waals surface area (Å²) in [6, 6.07) is 13.0. The van der Waals surface area contributed by atoms with E-state index in [1.165, 1.54) is 0 Å². The summed E-state index contributed by atoms with van der Waals surface area (Å²) in [6.07, 6.45) is 0. The first-order valence-corrected chi connectivity index (χ1v) is 7.99. The van der Waals surface area contributed by atoms with Crippen molar-refractivity contribution in [3.05, 3.63) is 62.5 Å². The molecule has 2 aromatic rings. The van der Waals surface area contributed by atoms with Crippen LogP contribution in [0.1, 0.15) is 28.9 Å². The number of ether oxygens (including phenoxy) is 1. The molecule has 0 unspecified atom stereocenters. The molecule has 0 saturated heterocycles. The molecule has 1 amide bonds. The maximum atomic E-state index is 12.2. The van der Waals surface area contributed by atoms with Crippen LogP contribution in [0.5, 0.6) is 5.75 Å². The number of methoxy groups -OCH3 is 1. The van der Waals surface area contributed by atoms with Gasteiger partial charge in [-0.15, -0.1) is 0 Å². The Labute approximate surface area is 141 Å². The molecule has 1 N–H and O–H groups in total. The minimum absolute atomic E-state index is 0.0984. The van der Waals surface area contributed by atoms with Crippen molar-refractivity contribution in [3.8, 4) is 5.75 Å². The molecule has 3 nitrogen and oxygen atoms in total. The highest BCUT2D eigenvalue weighted by molar-refractivity contribution is 9.10. The Morgan fingerprint density at radius 2 is 1.95 bits per heavy atom. The van der Waals surface area contributed by atoms with Crippen LogP contribution in [0.3, 0.4) is 0 Å². The third-order valence-electron chi connectivity index (χ3n) is 3.11. The van der Waals surface area contributed by atoms with Crippen molar-refractivity contribution in [2.75, 3.05) is 7.11 Å². The van der Waals surface area contributed by atoms with E-state index in [0.717, 1.165) is 20.3 Å². The van der Waals surface area contributed by atoms with Crippen LogP contribution in [0.4, 0.5) is 0 Å². The largest absolute Gasteiger partial charge is 0.496 e. The van der Waals surface area contributed by atoms with Gasteiger partial charge in [0.25, 0.3) is 5.91 Å². The Hall–Kier alpha value is -1.33. The first-order chi connectivity index (χ1) is 10.0. The molecule has 1 atom stereocenters. The minimum Gasteiger partial charge on any atom is -0.496 e. The normalized spacial score (nSPS) is 11.8. The second kappa shape index (κ2) is 7.09. The van der Waals surface area contributed by atoms with Gasteiger partial charge in [0.15, 0.2) is 0 Å². The highest BCUT2D eigenvalue weighted by Crippen LogP contribution is 2.28. The quantitative estimate of drug-likeness (QED) is 0.789. The summed E-state index contributed by atoms with van der Waals surface area (Å²) in [6.45, 7) is 1.95. The molecule has 110 valence electrons. The fraction of sp³-hybridized carbons (Fsp3) is 0.188. The maximum Gasteiger partial charge on any atom is 0.251 e. The first-order valence-electron chi connectivity index (χ1n) is 6.41.